The van der Waals surface area contributed by atoms with Crippen LogP contribution in [0.2, 0.25) is 0 Å². The maximum atomic E-state index is 12.5. The Balaban J connectivity index is 1.54. The van der Waals surface area contributed by atoms with Crippen molar-refractivity contribution in [2.75, 3.05) is 0 Å². The average Bonchev–Trinajstić information content (AvgIpc) is 3.42. The summed E-state index contributed by atoms with van der Waals surface area (Å²) in [5.74, 6) is 1.24. The van der Waals surface area contributed by atoms with Crippen LogP contribution in [0.25, 0.3) is 6.08 Å². The van der Waals surface area contributed by atoms with E-state index in [4.69, 9.17) is 9.47 Å². The van der Waals surface area contributed by atoms with E-state index in [-0.39, 0.29) is 23.4 Å². The van der Waals surface area contributed by atoms with Gasteiger partial charge in [-0.1, -0.05) is 38.1 Å². The Morgan fingerprint density at radius 2 is 1.88 bits per heavy atom. The Morgan fingerprint density at radius 3 is 2.54 bits per heavy atom. The van der Waals surface area contributed by atoms with Gasteiger partial charge in [-0.15, -0.1) is 0 Å². The number of Topliss-reactive ketones (excluding diaryl/α,β-unsaturated/α-hetero) is 1. The van der Waals surface area contributed by atoms with Crippen molar-refractivity contribution in [2.45, 2.75) is 32.6 Å². The molecule has 0 atom stereocenters. The molecule has 0 aromatic heterocycles. The lowest BCUT2D eigenvalue weighted by molar-refractivity contribution is -0.135. The second-order valence-electron chi connectivity index (χ2n) is 7.11. The molecule has 1 fully saturated rings. The second kappa shape index (κ2) is 6.45. The van der Waals surface area contributed by atoms with E-state index in [2.05, 4.69) is 26.0 Å². The van der Waals surface area contributed by atoms with Crippen molar-refractivity contribution in [3.05, 3.63) is 64.9 Å². The van der Waals surface area contributed by atoms with Gasteiger partial charge in [-0.25, -0.2) is 0 Å². The van der Waals surface area contributed by atoms with Crippen molar-refractivity contribution in [3.8, 4) is 11.5 Å². The molecule has 2 aromatic rings. The second-order valence-corrected chi connectivity index (χ2v) is 7.11. The molecule has 1 aliphatic carbocycles. The van der Waals surface area contributed by atoms with E-state index in [1.54, 1.807) is 24.3 Å². The lowest BCUT2D eigenvalue weighted by atomic mass is 10.0. The van der Waals surface area contributed by atoms with Crippen molar-refractivity contribution in [1.29, 1.82) is 0 Å². The number of rotatable bonds is 4. The first-order valence-corrected chi connectivity index (χ1v) is 8.91. The van der Waals surface area contributed by atoms with Crippen molar-refractivity contribution in [2.24, 2.45) is 5.92 Å². The van der Waals surface area contributed by atoms with Gasteiger partial charge in [-0.2, -0.15) is 0 Å². The Kier molecular flexibility index (Phi) is 4.11. The maximum Gasteiger partial charge on any atom is 0.314 e. The van der Waals surface area contributed by atoms with Crippen LogP contribution in [-0.2, 0) is 4.79 Å². The van der Waals surface area contributed by atoms with Gasteiger partial charge in [0.2, 0.25) is 5.78 Å². The molecule has 1 saturated carbocycles. The summed E-state index contributed by atoms with van der Waals surface area (Å²) in [6, 6.07) is 13.0. The number of esters is 1. The van der Waals surface area contributed by atoms with Gasteiger partial charge >= 0.3 is 5.97 Å². The summed E-state index contributed by atoms with van der Waals surface area (Å²) >= 11 is 0. The van der Waals surface area contributed by atoms with Crippen LogP contribution in [0.4, 0.5) is 0 Å². The van der Waals surface area contributed by atoms with Crippen LogP contribution in [0.1, 0.15) is 54.1 Å². The number of carbonyl (C=O) groups excluding carboxylic acids is 2. The third-order valence-electron chi connectivity index (χ3n) is 4.67. The normalized spacial score (nSPS) is 17.3. The summed E-state index contributed by atoms with van der Waals surface area (Å²) in [5, 5.41) is 0. The first-order valence-electron chi connectivity index (χ1n) is 8.91. The largest absolute Gasteiger partial charge is 0.452 e. The zero-order valence-electron chi connectivity index (χ0n) is 14.8. The van der Waals surface area contributed by atoms with Gasteiger partial charge in [-0.3, -0.25) is 9.59 Å². The van der Waals surface area contributed by atoms with E-state index >= 15 is 0 Å². The summed E-state index contributed by atoms with van der Waals surface area (Å²) in [7, 11) is 0. The molecule has 0 spiro atoms. The smallest absolute Gasteiger partial charge is 0.314 e. The number of hydrogen-bond donors (Lipinski definition) is 0. The van der Waals surface area contributed by atoms with Crippen LogP contribution in [-0.4, -0.2) is 11.8 Å². The molecule has 132 valence electrons. The highest BCUT2D eigenvalue weighted by molar-refractivity contribution is 6.14. The molecule has 0 radical (unpaired) electrons. The quantitative estimate of drug-likeness (QED) is 0.455. The van der Waals surface area contributed by atoms with Gasteiger partial charge in [0.05, 0.1) is 11.5 Å². The number of ketones is 1. The van der Waals surface area contributed by atoms with E-state index in [0.29, 0.717) is 23.0 Å². The summed E-state index contributed by atoms with van der Waals surface area (Å²) in [6.07, 6.45) is 3.52. The van der Waals surface area contributed by atoms with Crippen LogP contribution in [0.15, 0.2) is 48.2 Å². The molecular formula is C22H20O4. The molecule has 2 aliphatic rings. The summed E-state index contributed by atoms with van der Waals surface area (Å²) < 4.78 is 11.1. The fraction of sp³-hybridized carbons (Fsp3) is 0.273. The van der Waals surface area contributed by atoms with Gasteiger partial charge in [-0.05, 0) is 48.1 Å². The molecule has 4 nitrogen and oxygen atoms in total. The lowest BCUT2D eigenvalue weighted by Gasteiger charge is -2.05. The molecule has 0 unspecified atom stereocenters. The van der Waals surface area contributed by atoms with E-state index in [0.717, 1.165) is 18.4 Å². The average molecular weight is 348 g/mol. The number of allylic oxidation sites excluding steroid dienone is 1. The zero-order valence-corrected chi connectivity index (χ0v) is 14.8. The molecule has 1 aliphatic heterocycles. The number of carbonyl (C=O) groups is 2. The van der Waals surface area contributed by atoms with Gasteiger partial charge in [0.25, 0.3) is 0 Å². The number of ether oxygens (including phenoxy) is 2. The Labute approximate surface area is 152 Å². The number of hydrogen-bond acceptors (Lipinski definition) is 4. The monoisotopic (exact) mass is 348 g/mol. The SMILES string of the molecule is CC(C)c1ccc(/C=C2\Oc3cc(OC(=O)C4CC4)ccc3C2=O)cc1. The molecule has 0 amide bonds. The first-order chi connectivity index (χ1) is 12.5. The third kappa shape index (κ3) is 3.27. The molecule has 1 heterocycles. The summed E-state index contributed by atoms with van der Waals surface area (Å²) in [5.41, 5.74) is 2.64. The zero-order chi connectivity index (χ0) is 18.3. The Morgan fingerprint density at radius 1 is 1.15 bits per heavy atom. The highest BCUT2D eigenvalue weighted by atomic mass is 16.5. The fourth-order valence-electron chi connectivity index (χ4n) is 2.88. The Hall–Kier alpha value is -2.88. The highest BCUT2D eigenvalue weighted by Crippen LogP contribution is 2.36. The minimum absolute atomic E-state index is 0.0232. The van der Waals surface area contributed by atoms with Crippen LogP contribution >= 0.6 is 0 Å². The van der Waals surface area contributed by atoms with E-state index in [1.807, 2.05) is 12.1 Å². The third-order valence-corrected chi connectivity index (χ3v) is 4.67. The van der Waals surface area contributed by atoms with Crippen molar-refractivity contribution >= 4 is 17.8 Å². The predicted octanol–water partition coefficient (Wildman–Crippen LogP) is 4.74. The molecule has 4 rings (SSSR count). The number of fused-ring (bicyclic) bond motifs is 1. The molecule has 4 heteroatoms. The first kappa shape index (κ1) is 16.6. The maximum absolute atomic E-state index is 12.5. The van der Waals surface area contributed by atoms with Gasteiger partial charge < -0.3 is 9.47 Å². The standard InChI is InChI=1S/C22H20O4/c1-13(2)15-5-3-14(4-6-15)11-20-21(23)18-10-9-17(12-19(18)26-20)25-22(24)16-7-8-16/h3-6,9-13,16H,7-8H2,1-2H3/b20-11-. The predicted molar refractivity (Wildman–Crippen MR) is 98.3 cm³/mol. The van der Waals surface area contributed by atoms with Crippen LogP contribution in [0.3, 0.4) is 0 Å². The molecule has 0 bridgehead atoms. The van der Waals surface area contributed by atoms with E-state index in [9.17, 15) is 9.59 Å². The van der Waals surface area contributed by atoms with Crippen molar-refractivity contribution in [1.82, 2.24) is 0 Å². The fourth-order valence-corrected chi connectivity index (χ4v) is 2.88. The molecule has 0 saturated heterocycles. The lowest BCUT2D eigenvalue weighted by Crippen LogP contribution is -2.09. The van der Waals surface area contributed by atoms with E-state index < -0.39 is 0 Å². The van der Waals surface area contributed by atoms with Crippen LogP contribution in [0.5, 0.6) is 11.5 Å². The molecule has 2 aromatic carbocycles. The van der Waals surface area contributed by atoms with E-state index in [1.165, 1.54) is 5.56 Å². The topological polar surface area (TPSA) is 52.6 Å². The summed E-state index contributed by atoms with van der Waals surface area (Å²) in [6.45, 7) is 4.28. The number of benzene rings is 2. The molecule has 0 N–H and O–H groups in total. The minimum Gasteiger partial charge on any atom is -0.452 e. The van der Waals surface area contributed by atoms with Gasteiger partial charge in [0.1, 0.15) is 11.5 Å². The molecular weight excluding hydrogens is 328 g/mol. The van der Waals surface area contributed by atoms with Crippen LogP contribution < -0.4 is 9.47 Å². The van der Waals surface area contributed by atoms with Gasteiger partial charge in [0, 0.05) is 6.07 Å². The van der Waals surface area contributed by atoms with Crippen molar-refractivity contribution < 1.29 is 19.1 Å². The van der Waals surface area contributed by atoms with Crippen molar-refractivity contribution in [3.63, 3.8) is 0 Å². The minimum atomic E-state index is -0.213. The Bertz CT molecular complexity index is 902. The van der Waals surface area contributed by atoms with Crippen LogP contribution in [0, 0.1) is 5.92 Å². The highest BCUT2D eigenvalue weighted by Gasteiger charge is 2.32. The molecule has 26 heavy (non-hydrogen) atoms. The van der Waals surface area contributed by atoms with Gasteiger partial charge in [0.15, 0.2) is 5.76 Å². The summed E-state index contributed by atoms with van der Waals surface area (Å²) in [4.78, 5) is 24.3.